The molecule has 0 spiro atoms. The molecular formula is C14H25N3S. The molecule has 1 N–H and O–H groups in total. The van der Waals surface area contributed by atoms with E-state index in [0.29, 0.717) is 0 Å². The maximum atomic E-state index is 3.59. The molecule has 1 aliphatic rings. The molecule has 1 aromatic heterocycles. The van der Waals surface area contributed by atoms with Crippen molar-refractivity contribution in [3.8, 4) is 0 Å². The number of nitrogens with one attached hydrogen (secondary N) is 1. The van der Waals surface area contributed by atoms with Gasteiger partial charge in [-0.2, -0.15) is 11.3 Å². The average molecular weight is 267 g/mol. The van der Waals surface area contributed by atoms with Crippen LogP contribution < -0.4 is 5.32 Å². The smallest absolute Gasteiger partial charge is 0.0278 e. The first-order chi connectivity index (χ1) is 8.58. The Morgan fingerprint density at radius 1 is 1.28 bits per heavy atom. The van der Waals surface area contributed by atoms with Gasteiger partial charge in [-0.3, -0.25) is 4.90 Å². The summed E-state index contributed by atoms with van der Waals surface area (Å²) in [7, 11) is 2.21. The lowest BCUT2D eigenvalue weighted by Gasteiger charge is -2.43. The minimum absolute atomic E-state index is 0.247. The lowest BCUT2D eigenvalue weighted by molar-refractivity contribution is 0.0618. The van der Waals surface area contributed by atoms with E-state index in [1.165, 1.54) is 31.7 Å². The fraction of sp³-hybridized carbons (Fsp3) is 0.714. The van der Waals surface area contributed by atoms with Crippen LogP contribution in [0.2, 0.25) is 0 Å². The van der Waals surface area contributed by atoms with E-state index >= 15 is 0 Å². The summed E-state index contributed by atoms with van der Waals surface area (Å²) >= 11 is 1.77. The normalized spacial score (nSPS) is 19.3. The van der Waals surface area contributed by atoms with Gasteiger partial charge in [0.05, 0.1) is 0 Å². The van der Waals surface area contributed by atoms with Crippen molar-refractivity contribution >= 4 is 11.3 Å². The molecule has 1 fully saturated rings. The number of hydrogen-bond donors (Lipinski definition) is 1. The summed E-state index contributed by atoms with van der Waals surface area (Å²) < 4.78 is 0. The third-order valence-electron chi connectivity index (χ3n) is 3.83. The third kappa shape index (κ3) is 3.79. The van der Waals surface area contributed by atoms with Crippen LogP contribution in [-0.4, -0.2) is 55.1 Å². The fourth-order valence-electron chi connectivity index (χ4n) is 2.43. The second-order valence-corrected chi connectivity index (χ2v) is 6.62. The van der Waals surface area contributed by atoms with E-state index in [-0.39, 0.29) is 5.54 Å². The number of hydrogen-bond acceptors (Lipinski definition) is 4. The molecule has 3 nitrogen and oxygen atoms in total. The lowest BCUT2D eigenvalue weighted by atomic mass is 10.0. The highest BCUT2D eigenvalue weighted by Crippen LogP contribution is 2.16. The van der Waals surface area contributed by atoms with Gasteiger partial charge in [0.15, 0.2) is 0 Å². The van der Waals surface area contributed by atoms with E-state index in [1.807, 2.05) is 0 Å². The van der Waals surface area contributed by atoms with Crippen LogP contribution in [0.1, 0.15) is 19.4 Å². The molecule has 1 aromatic rings. The van der Waals surface area contributed by atoms with Gasteiger partial charge in [-0.25, -0.2) is 0 Å². The zero-order valence-corrected chi connectivity index (χ0v) is 12.6. The highest BCUT2D eigenvalue weighted by atomic mass is 32.1. The second-order valence-electron chi connectivity index (χ2n) is 5.84. The molecule has 2 rings (SSSR count). The Bertz CT molecular complexity index is 340. The van der Waals surface area contributed by atoms with Crippen molar-refractivity contribution in [3.63, 3.8) is 0 Å². The van der Waals surface area contributed by atoms with Gasteiger partial charge in [-0.05, 0) is 43.3 Å². The van der Waals surface area contributed by atoms with Gasteiger partial charge in [0, 0.05) is 44.8 Å². The number of nitrogens with zero attached hydrogens (tertiary/aromatic N) is 2. The Labute approximate surface area is 115 Å². The van der Waals surface area contributed by atoms with Crippen LogP contribution in [0.3, 0.4) is 0 Å². The number of piperazine rings is 1. The standard InChI is InChI=1S/C14H25N3S/c1-14(2,17-7-5-16(3)6-8-17)12-15-10-13-4-9-18-11-13/h4,9,11,15H,5-8,10,12H2,1-3H3. The van der Waals surface area contributed by atoms with E-state index < -0.39 is 0 Å². The molecule has 0 aliphatic carbocycles. The zero-order valence-electron chi connectivity index (χ0n) is 11.8. The van der Waals surface area contributed by atoms with Crippen LogP contribution in [-0.2, 0) is 6.54 Å². The zero-order chi connectivity index (χ0) is 13.0. The summed E-state index contributed by atoms with van der Waals surface area (Å²) in [6.45, 7) is 11.5. The molecule has 0 bridgehead atoms. The molecule has 102 valence electrons. The Balaban J connectivity index is 1.76. The van der Waals surface area contributed by atoms with Gasteiger partial charge >= 0.3 is 0 Å². The van der Waals surface area contributed by atoms with Crippen molar-refractivity contribution in [2.45, 2.75) is 25.9 Å². The molecule has 1 aliphatic heterocycles. The van der Waals surface area contributed by atoms with Gasteiger partial charge in [0.2, 0.25) is 0 Å². The maximum absolute atomic E-state index is 3.59. The van der Waals surface area contributed by atoms with Crippen LogP contribution in [0, 0.1) is 0 Å². The van der Waals surface area contributed by atoms with Crippen molar-refractivity contribution in [2.24, 2.45) is 0 Å². The summed E-state index contributed by atoms with van der Waals surface area (Å²) in [5.41, 5.74) is 1.64. The number of rotatable bonds is 5. The van der Waals surface area contributed by atoms with Crippen molar-refractivity contribution < 1.29 is 0 Å². The van der Waals surface area contributed by atoms with Crippen LogP contribution in [0.5, 0.6) is 0 Å². The third-order valence-corrected chi connectivity index (χ3v) is 4.56. The number of thiophene rings is 1. The van der Waals surface area contributed by atoms with Gasteiger partial charge in [-0.15, -0.1) is 0 Å². The van der Waals surface area contributed by atoms with E-state index in [2.05, 4.69) is 52.8 Å². The van der Waals surface area contributed by atoms with Gasteiger partial charge in [-0.1, -0.05) is 0 Å². The van der Waals surface area contributed by atoms with Crippen molar-refractivity contribution in [2.75, 3.05) is 39.8 Å². The summed E-state index contributed by atoms with van der Waals surface area (Å²) in [6, 6.07) is 2.19. The van der Waals surface area contributed by atoms with E-state index in [0.717, 1.165) is 13.1 Å². The quantitative estimate of drug-likeness (QED) is 0.878. The first-order valence-electron chi connectivity index (χ1n) is 6.73. The van der Waals surface area contributed by atoms with E-state index in [4.69, 9.17) is 0 Å². The first-order valence-corrected chi connectivity index (χ1v) is 7.67. The minimum atomic E-state index is 0.247. The fourth-order valence-corrected chi connectivity index (χ4v) is 3.10. The summed E-state index contributed by atoms with van der Waals surface area (Å²) in [4.78, 5) is 5.01. The predicted octanol–water partition coefficient (Wildman–Crippen LogP) is 1.86. The topological polar surface area (TPSA) is 18.5 Å². The molecule has 0 unspecified atom stereocenters. The van der Waals surface area contributed by atoms with Crippen molar-refractivity contribution in [1.82, 2.24) is 15.1 Å². The molecule has 18 heavy (non-hydrogen) atoms. The Morgan fingerprint density at radius 2 is 2.00 bits per heavy atom. The first kappa shape index (κ1) is 14.0. The Morgan fingerprint density at radius 3 is 2.61 bits per heavy atom. The highest BCUT2D eigenvalue weighted by Gasteiger charge is 2.28. The molecule has 0 atom stereocenters. The van der Waals surface area contributed by atoms with Gasteiger partial charge < -0.3 is 10.2 Å². The van der Waals surface area contributed by atoms with Crippen LogP contribution in [0.4, 0.5) is 0 Å². The van der Waals surface area contributed by atoms with Crippen molar-refractivity contribution in [3.05, 3.63) is 22.4 Å². The average Bonchev–Trinajstić information content (AvgIpc) is 2.82. The molecule has 0 saturated carbocycles. The van der Waals surface area contributed by atoms with E-state index in [9.17, 15) is 0 Å². The molecule has 4 heteroatoms. The molecule has 0 radical (unpaired) electrons. The van der Waals surface area contributed by atoms with Crippen LogP contribution >= 0.6 is 11.3 Å². The number of likely N-dealkylation sites (N-methyl/N-ethyl adjacent to an activating group) is 1. The molecule has 0 amide bonds. The van der Waals surface area contributed by atoms with Crippen LogP contribution in [0.25, 0.3) is 0 Å². The lowest BCUT2D eigenvalue weighted by Crippen LogP contribution is -2.57. The minimum Gasteiger partial charge on any atom is -0.311 e. The molecular weight excluding hydrogens is 242 g/mol. The van der Waals surface area contributed by atoms with Gasteiger partial charge in [0.1, 0.15) is 0 Å². The largest absolute Gasteiger partial charge is 0.311 e. The second kappa shape index (κ2) is 6.15. The molecule has 0 aromatic carbocycles. The van der Waals surface area contributed by atoms with Gasteiger partial charge in [0.25, 0.3) is 0 Å². The summed E-state index contributed by atoms with van der Waals surface area (Å²) in [5.74, 6) is 0. The Kier molecular flexibility index (Phi) is 4.78. The monoisotopic (exact) mass is 267 g/mol. The van der Waals surface area contributed by atoms with E-state index in [1.54, 1.807) is 11.3 Å². The maximum Gasteiger partial charge on any atom is 0.0278 e. The molecule has 2 heterocycles. The highest BCUT2D eigenvalue weighted by molar-refractivity contribution is 7.07. The molecule has 1 saturated heterocycles. The Hall–Kier alpha value is -0.420. The SMILES string of the molecule is CN1CCN(C(C)(C)CNCc2ccsc2)CC1. The van der Waals surface area contributed by atoms with Crippen LogP contribution in [0.15, 0.2) is 16.8 Å². The van der Waals surface area contributed by atoms with Crippen molar-refractivity contribution in [1.29, 1.82) is 0 Å². The summed E-state index contributed by atoms with van der Waals surface area (Å²) in [6.07, 6.45) is 0. The summed E-state index contributed by atoms with van der Waals surface area (Å²) in [5, 5.41) is 7.95. The predicted molar refractivity (Wildman–Crippen MR) is 79.2 cm³/mol.